The fourth-order valence-corrected chi connectivity index (χ4v) is 3.59. The fourth-order valence-electron chi connectivity index (χ4n) is 3.59. The zero-order valence-electron chi connectivity index (χ0n) is 13.0. The van der Waals surface area contributed by atoms with E-state index in [1.807, 2.05) is 6.92 Å². The van der Waals surface area contributed by atoms with Crippen molar-refractivity contribution in [3.05, 3.63) is 0 Å². The number of urea groups is 1. The van der Waals surface area contributed by atoms with Crippen LogP contribution in [0.1, 0.15) is 45.4 Å². The highest BCUT2D eigenvalue weighted by molar-refractivity contribution is 5.79. The molecule has 2 rings (SSSR count). The van der Waals surface area contributed by atoms with Crippen LogP contribution in [0.25, 0.3) is 0 Å². The summed E-state index contributed by atoms with van der Waals surface area (Å²) in [5.74, 6) is -0.822. The second-order valence-corrected chi connectivity index (χ2v) is 6.68. The summed E-state index contributed by atoms with van der Waals surface area (Å²) in [6, 6.07) is -0.174. The van der Waals surface area contributed by atoms with Gasteiger partial charge < -0.3 is 20.0 Å². The molecule has 6 nitrogen and oxygen atoms in total. The molecule has 0 aromatic carbocycles. The Kier molecular flexibility index (Phi) is 4.46. The molecule has 1 aliphatic heterocycles. The summed E-state index contributed by atoms with van der Waals surface area (Å²) < 4.78 is 0. The Labute approximate surface area is 125 Å². The quantitative estimate of drug-likeness (QED) is 0.824. The highest BCUT2D eigenvalue weighted by atomic mass is 16.4. The SMILES string of the molecule is CCC1(C(=O)O)CCN(C(=O)N(C)CC2(O)CCCC2)C1. The third-order valence-corrected chi connectivity index (χ3v) is 5.15. The lowest BCUT2D eigenvalue weighted by Gasteiger charge is -2.32. The van der Waals surface area contributed by atoms with Gasteiger partial charge >= 0.3 is 12.0 Å². The van der Waals surface area contributed by atoms with Gasteiger partial charge in [0.2, 0.25) is 0 Å². The van der Waals surface area contributed by atoms with Crippen molar-refractivity contribution in [3.8, 4) is 0 Å². The van der Waals surface area contributed by atoms with Gasteiger partial charge in [-0.05, 0) is 25.7 Å². The highest BCUT2D eigenvalue weighted by Crippen LogP contribution is 2.35. The van der Waals surface area contributed by atoms with Crippen LogP contribution in [0.4, 0.5) is 4.79 Å². The number of likely N-dealkylation sites (tertiary alicyclic amines) is 1. The van der Waals surface area contributed by atoms with Gasteiger partial charge in [-0.25, -0.2) is 4.79 Å². The van der Waals surface area contributed by atoms with E-state index in [1.54, 1.807) is 16.8 Å². The molecule has 0 spiro atoms. The molecule has 1 heterocycles. The molecule has 1 unspecified atom stereocenters. The Hall–Kier alpha value is -1.30. The monoisotopic (exact) mass is 298 g/mol. The molecule has 0 aromatic rings. The zero-order chi connectivity index (χ0) is 15.7. The standard InChI is InChI=1S/C15H26N2O4/c1-3-14(12(18)19)8-9-17(10-14)13(20)16(2)11-15(21)6-4-5-7-15/h21H,3-11H2,1-2H3,(H,18,19). The van der Waals surface area contributed by atoms with E-state index in [-0.39, 0.29) is 12.6 Å². The van der Waals surface area contributed by atoms with Gasteiger partial charge in [0.1, 0.15) is 0 Å². The topological polar surface area (TPSA) is 81.1 Å². The first-order chi connectivity index (χ1) is 9.82. The largest absolute Gasteiger partial charge is 0.481 e. The van der Waals surface area contributed by atoms with Crippen LogP contribution in [-0.2, 0) is 4.79 Å². The predicted octanol–water partition coefficient (Wildman–Crippen LogP) is 1.53. The number of rotatable bonds is 4. The van der Waals surface area contributed by atoms with Crippen molar-refractivity contribution in [2.24, 2.45) is 5.41 Å². The van der Waals surface area contributed by atoms with Gasteiger partial charge in [-0.3, -0.25) is 4.79 Å². The van der Waals surface area contributed by atoms with Gasteiger partial charge in [-0.2, -0.15) is 0 Å². The van der Waals surface area contributed by atoms with E-state index in [0.717, 1.165) is 25.7 Å². The number of nitrogens with zero attached hydrogens (tertiary/aromatic N) is 2. The molecule has 0 radical (unpaired) electrons. The maximum atomic E-state index is 12.4. The van der Waals surface area contributed by atoms with E-state index in [0.29, 0.717) is 25.9 Å². The van der Waals surface area contributed by atoms with Crippen molar-refractivity contribution in [3.63, 3.8) is 0 Å². The second kappa shape index (κ2) is 5.83. The second-order valence-electron chi connectivity index (χ2n) is 6.68. The maximum Gasteiger partial charge on any atom is 0.319 e. The molecule has 2 aliphatic rings. The molecule has 1 saturated carbocycles. The van der Waals surface area contributed by atoms with Crippen molar-refractivity contribution in [2.75, 3.05) is 26.7 Å². The number of hydrogen-bond acceptors (Lipinski definition) is 3. The predicted molar refractivity (Wildman–Crippen MR) is 78.0 cm³/mol. The number of carboxylic acids is 1. The molecule has 2 amide bonds. The number of carboxylic acid groups (broad SMARTS) is 1. The molecule has 0 bridgehead atoms. The lowest BCUT2D eigenvalue weighted by atomic mass is 9.84. The van der Waals surface area contributed by atoms with Crippen LogP contribution in [0.3, 0.4) is 0 Å². The van der Waals surface area contributed by atoms with Crippen molar-refractivity contribution in [2.45, 2.75) is 51.0 Å². The molecule has 1 saturated heterocycles. The average Bonchev–Trinajstić information content (AvgIpc) is 3.05. The Balaban J connectivity index is 1.96. The summed E-state index contributed by atoms with van der Waals surface area (Å²) in [5.41, 5.74) is -1.57. The van der Waals surface area contributed by atoms with Crippen LogP contribution in [0.2, 0.25) is 0 Å². The summed E-state index contributed by atoms with van der Waals surface area (Å²) in [4.78, 5) is 27.0. The molecule has 2 fully saturated rings. The van der Waals surface area contributed by atoms with Crippen molar-refractivity contribution in [1.82, 2.24) is 9.80 Å². The Morgan fingerprint density at radius 2 is 1.86 bits per heavy atom. The third-order valence-electron chi connectivity index (χ3n) is 5.15. The van der Waals surface area contributed by atoms with E-state index in [4.69, 9.17) is 0 Å². The summed E-state index contributed by atoms with van der Waals surface area (Å²) in [5, 5.41) is 19.8. The van der Waals surface area contributed by atoms with E-state index < -0.39 is 17.0 Å². The van der Waals surface area contributed by atoms with Crippen LogP contribution in [-0.4, -0.2) is 64.3 Å². The number of carbonyl (C=O) groups is 2. The first-order valence-electron chi connectivity index (χ1n) is 7.78. The Bertz CT molecular complexity index is 420. The van der Waals surface area contributed by atoms with Crippen LogP contribution < -0.4 is 0 Å². The van der Waals surface area contributed by atoms with Gasteiger partial charge in [-0.15, -0.1) is 0 Å². The normalized spacial score (nSPS) is 27.9. The summed E-state index contributed by atoms with van der Waals surface area (Å²) >= 11 is 0. The number of carbonyl (C=O) groups excluding carboxylic acids is 1. The third kappa shape index (κ3) is 3.15. The van der Waals surface area contributed by atoms with Crippen molar-refractivity contribution >= 4 is 12.0 Å². The van der Waals surface area contributed by atoms with Crippen LogP contribution >= 0.6 is 0 Å². The highest BCUT2D eigenvalue weighted by Gasteiger charge is 2.45. The molecule has 21 heavy (non-hydrogen) atoms. The Morgan fingerprint density at radius 3 is 2.33 bits per heavy atom. The van der Waals surface area contributed by atoms with Crippen LogP contribution in [0.15, 0.2) is 0 Å². The lowest BCUT2D eigenvalue weighted by molar-refractivity contribution is -0.148. The molecular weight excluding hydrogens is 272 g/mol. The number of hydrogen-bond donors (Lipinski definition) is 2. The maximum absolute atomic E-state index is 12.4. The Morgan fingerprint density at radius 1 is 1.24 bits per heavy atom. The summed E-state index contributed by atoms with van der Waals surface area (Å²) in [6.07, 6.45) is 4.50. The van der Waals surface area contributed by atoms with E-state index in [2.05, 4.69) is 0 Å². The van der Waals surface area contributed by atoms with Gasteiger partial charge in [0.05, 0.1) is 17.6 Å². The van der Waals surface area contributed by atoms with Gasteiger partial charge in [0.25, 0.3) is 0 Å². The molecule has 1 atom stereocenters. The first kappa shape index (κ1) is 16.1. The number of aliphatic hydroxyl groups is 1. The molecule has 120 valence electrons. The van der Waals surface area contributed by atoms with Gasteiger partial charge in [0.15, 0.2) is 0 Å². The van der Waals surface area contributed by atoms with Gasteiger partial charge in [-0.1, -0.05) is 19.8 Å². The minimum Gasteiger partial charge on any atom is -0.481 e. The van der Waals surface area contributed by atoms with Crippen LogP contribution in [0, 0.1) is 5.41 Å². The zero-order valence-corrected chi connectivity index (χ0v) is 13.0. The van der Waals surface area contributed by atoms with Crippen LogP contribution in [0.5, 0.6) is 0 Å². The smallest absolute Gasteiger partial charge is 0.319 e. The number of amides is 2. The molecule has 6 heteroatoms. The number of aliphatic carboxylic acids is 1. The molecular formula is C15H26N2O4. The number of likely N-dealkylation sites (N-methyl/N-ethyl adjacent to an activating group) is 1. The van der Waals surface area contributed by atoms with E-state index in [9.17, 15) is 19.8 Å². The molecule has 1 aliphatic carbocycles. The summed E-state index contributed by atoms with van der Waals surface area (Å²) in [6.45, 7) is 2.92. The molecule has 2 N–H and O–H groups in total. The van der Waals surface area contributed by atoms with E-state index >= 15 is 0 Å². The average molecular weight is 298 g/mol. The van der Waals surface area contributed by atoms with Crippen molar-refractivity contribution < 1.29 is 19.8 Å². The minimum absolute atomic E-state index is 0.174. The summed E-state index contributed by atoms with van der Waals surface area (Å²) in [7, 11) is 1.69. The van der Waals surface area contributed by atoms with E-state index in [1.165, 1.54) is 0 Å². The van der Waals surface area contributed by atoms with Gasteiger partial charge in [0, 0.05) is 20.1 Å². The fraction of sp³-hybridized carbons (Fsp3) is 0.867. The minimum atomic E-state index is -0.822. The lowest BCUT2D eigenvalue weighted by Crippen LogP contribution is -2.48. The first-order valence-corrected chi connectivity index (χ1v) is 7.78. The van der Waals surface area contributed by atoms with Crippen molar-refractivity contribution in [1.29, 1.82) is 0 Å². The molecule has 0 aromatic heterocycles.